The number of nitrogens with zero attached hydrogens (tertiary/aromatic N) is 10. The number of carbonyl (C=O) groups is 2. The van der Waals surface area contributed by atoms with E-state index in [1.54, 1.807) is 85.1 Å². The van der Waals surface area contributed by atoms with Crippen molar-refractivity contribution in [1.29, 1.82) is 0 Å². The second-order valence-electron chi connectivity index (χ2n) is 30.1. The van der Waals surface area contributed by atoms with E-state index in [0.29, 0.717) is 95.0 Å². The zero-order valence-corrected chi connectivity index (χ0v) is 73.8. The third kappa shape index (κ3) is 24.0. The van der Waals surface area contributed by atoms with E-state index in [0.717, 1.165) is 127 Å². The fourth-order valence-electron chi connectivity index (χ4n) is 15.0. The van der Waals surface area contributed by atoms with Gasteiger partial charge < -0.3 is 29.0 Å². The van der Waals surface area contributed by atoms with Crippen LogP contribution in [0.1, 0.15) is 166 Å². The molecule has 2 amide bonds. The summed E-state index contributed by atoms with van der Waals surface area (Å²) in [7, 11) is -11.2. The lowest BCUT2D eigenvalue weighted by molar-refractivity contribution is -0.428. The summed E-state index contributed by atoms with van der Waals surface area (Å²) in [5.41, 5.74) is 3.10. The van der Waals surface area contributed by atoms with Gasteiger partial charge in [-0.3, -0.25) is 24.1 Å². The molecule has 2 aromatic heterocycles. The van der Waals surface area contributed by atoms with Gasteiger partial charge in [-0.1, -0.05) is 130 Å². The number of aliphatic imine (C=N–C) groups is 1. The number of nitrogens with one attached hydrogen (secondary N) is 2. The standard InChI is InChI=1S/C28H44N4O4S.C20H25BrN2O3S.C20H23FN2OS.C15H23N4O6S2/c1-5-7-17-32(18-8-6-2)19-16-29-28(34)25-21-30(3)26-15-14-23(20-24(26)27(25)33)37(35,36)31(4)22-12-10-9-11-13-22;1-14-18(20(24)23-10-5-4-6-11-23)19(15(2)22(14)3)27(25,26)13-16-8-7-9-17(21)12-16;1-25(24,17-12-6-3-7-13-17)23-20(18-14-8-9-15-19(18)21)22-16-10-4-2-5-11-16;1-16(20)14-3-2-4-15(13-14)26(21,22)17-5-7-18(8-6-17)27(23,24)19-9-11-25-12-10-19/h14-15,20-22H,5-13,16-19H2,1-4H3,(H,29,34);7-9,12H,4-6,10-11,13H2,1-3H3;3,6-9,12-16H,1-2,4-5,10-11H2,(H,22,23,24);2-4,13H,5-12H2,1H3/q;;;+1. The molecular formula is C83H115BrFN12O14S5+. The molecule has 3 saturated heterocycles. The first kappa shape index (κ1) is 92.5. The number of likely N-dealkylation sites (tertiary alicyclic amines) is 1. The summed E-state index contributed by atoms with van der Waals surface area (Å²) in [5, 5.41) is 3.14. The number of amides is 2. The molecule has 7 aromatic rings. The summed E-state index contributed by atoms with van der Waals surface area (Å²) in [6.07, 6.45) is 19.4. The number of rotatable bonds is 26. The number of carbonyl (C=O) groups excluding carboxylic acids is 2. The number of nitroso groups, excluding NO2 is 1. The van der Waals surface area contributed by atoms with Gasteiger partial charge in [0, 0.05) is 147 Å². The fourth-order valence-corrected chi connectivity index (χ4v) is 23.0. The largest absolute Gasteiger partial charge is 0.379 e. The molecule has 1 unspecified atom stereocenters. The van der Waals surface area contributed by atoms with Gasteiger partial charge in [0.1, 0.15) is 22.1 Å². The summed E-state index contributed by atoms with van der Waals surface area (Å²) >= 11 is 3.39. The minimum absolute atomic E-state index is 0.0205. The number of amidine groups is 1. The number of morpholine rings is 1. The smallest absolute Gasteiger partial charge is 0.282 e. The summed E-state index contributed by atoms with van der Waals surface area (Å²) in [4.78, 5) is 60.7. The molecule has 116 heavy (non-hydrogen) atoms. The average Bonchev–Trinajstić information content (AvgIpc) is 1.56. The third-order valence-electron chi connectivity index (χ3n) is 21.9. The van der Waals surface area contributed by atoms with E-state index in [9.17, 15) is 61.6 Å². The van der Waals surface area contributed by atoms with Gasteiger partial charge in [0.2, 0.25) is 25.5 Å². The minimum atomic E-state index is -3.80. The van der Waals surface area contributed by atoms with Crippen LogP contribution >= 0.6 is 15.9 Å². The van der Waals surface area contributed by atoms with Crippen molar-refractivity contribution in [1.82, 2.24) is 46.2 Å². The summed E-state index contributed by atoms with van der Waals surface area (Å²) in [6.45, 7) is 14.1. The van der Waals surface area contributed by atoms with Crippen molar-refractivity contribution in [2.45, 2.75) is 174 Å². The molecule has 1 atom stereocenters. The van der Waals surface area contributed by atoms with Crippen LogP contribution in [0.4, 0.5) is 10.1 Å². The van der Waals surface area contributed by atoms with Crippen molar-refractivity contribution >= 4 is 106 Å². The molecule has 0 radical (unpaired) electrons. The number of halogens is 2. The topological polar surface area (TPSA) is 300 Å². The Hall–Kier alpha value is -7.41. The molecule has 2 saturated carbocycles. The molecule has 5 heterocycles. The number of hydrogen-bond donors (Lipinski definition) is 2. The molecule has 0 bridgehead atoms. The average molecular weight is 1760 g/mol. The van der Waals surface area contributed by atoms with Crippen molar-refractivity contribution in [3.63, 3.8) is 0 Å². The first-order chi connectivity index (χ1) is 55.2. The second kappa shape index (κ2) is 42.5. The first-order valence-corrected chi connectivity index (χ1v) is 48.6. The van der Waals surface area contributed by atoms with Crippen LogP contribution in [0, 0.1) is 24.6 Å². The van der Waals surface area contributed by atoms with Crippen LogP contribution in [0.3, 0.4) is 0 Å². The number of pyridine rings is 1. The predicted octanol–water partition coefficient (Wildman–Crippen LogP) is 11.9. The lowest BCUT2D eigenvalue weighted by Gasteiger charge is -2.37. The number of benzene rings is 5. The maximum Gasteiger partial charge on any atom is 0.282 e. The van der Waals surface area contributed by atoms with Gasteiger partial charge in [-0.25, -0.2) is 33.9 Å². The van der Waals surface area contributed by atoms with E-state index in [1.165, 1.54) is 73.3 Å². The highest BCUT2D eigenvalue weighted by atomic mass is 79.9. The Balaban J connectivity index is 0.000000179. The minimum Gasteiger partial charge on any atom is -0.379 e. The number of unbranched alkanes of at least 4 members (excludes halogenated alkanes) is 2. The van der Waals surface area contributed by atoms with Crippen molar-refractivity contribution < 1.29 is 61.4 Å². The number of sulfone groups is 1. The Labute approximate surface area is 694 Å². The van der Waals surface area contributed by atoms with E-state index < -0.39 is 61.1 Å². The zero-order valence-electron chi connectivity index (χ0n) is 68.1. The first-order valence-electron chi connectivity index (χ1n) is 40.1. The van der Waals surface area contributed by atoms with Gasteiger partial charge in [-0.2, -0.15) is 25.6 Å². The normalized spacial score (nSPS) is 17.3. The number of ether oxygens (including phenoxy) is 1. The van der Waals surface area contributed by atoms with Crippen LogP contribution < -0.4 is 15.5 Å². The Morgan fingerprint density at radius 1 is 0.655 bits per heavy atom. The molecule has 2 N–H and O–H groups in total. The van der Waals surface area contributed by atoms with E-state index in [4.69, 9.17) is 9.73 Å². The Kier molecular flexibility index (Phi) is 33.9. The maximum absolute atomic E-state index is 14.3. The Morgan fingerprint density at radius 3 is 1.86 bits per heavy atom. The zero-order chi connectivity index (χ0) is 84.1. The highest BCUT2D eigenvalue weighted by Gasteiger charge is 2.39. The molecule has 12 rings (SSSR count). The molecule has 26 nitrogen and oxygen atoms in total. The van der Waals surface area contributed by atoms with Crippen LogP contribution in [-0.4, -0.2) is 220 Å². The van der Waals surface area contributed by atoms with Crippen LogP contribution in [0.25, 0.3) is 10.9 Å². The second-order valence-corrected chi connectivity index (χ2v) is 40.8. The van der Waals surface area contributed by atoms with Crippen molar-refractivity contribution in [3.8, 4) is 0 Å². The van der Waals surface area contributed by atoms with Crippen molar-refractivity contribution in [2.24, 2.45) is 19.1 Å². The molecule has 5 aromatic carbocycles. The summed E-state index contributed by atoms with van der Waals surface area (Å²) < 4.78 is 150. The summed E-state index contributed by atoms with van der Waals surface area (Å²) in [5.74, 6) is 3.07. The molecule has 5 fully saturated rings. The van der Waals surface area contributed by atoms with Gasteiger partial charge in [-0.05, 0) is 157 Å². The van der Waals surface area contributed by atoms with Crippen molar-refractivity contribution in [3.05, 3.63) is 187 Å². The molecule has 634 valence electrons. The SMILES string of the molecule is C=S(=O)(NC(=NC1CCCCC1)c1ccccc1F)c1ccccc1.CCCCN(CCCC)CCNC(=O)c1cn(C)c2ccc(S(=O)(=O)N(C)C3CCCCC3)cc2c1=O.C[N+](=O)c1cccc(S(=O)(=O)N2CCN(S(=O)(=O)N3CCOCC3)CC2)c1.Cc1c(C(=O)N2CCCCC2)c(S(=O)(=O)Cc2cccc(Br)c2)c(C)n1C. The van der Waals surface area contributed by atoms with Gasteiger partial charge >= 0.3 is 0 Å². The molecule has 33 heteroatoms. The number of aryl methyl sites for hydroxylation is 1. The van der Waals surface area contributed by atoms with E-state index >= 15 is 0 Å². The highest BCUT2D eigenvalue weighted by molar-refractivity contribution is 9.10. The monoisotopic (exact) mass is 1760 g/mol. The molecule has 2 aliphatic carbocycles. The fraction of sp³-hybridized carbons (Fsp3) is 0.506. The van der Waals surface area contributed by atoms with Crippen LogP contribution in [-0.2, 0) is 74.4 Å². The van der Waals surface area contributed by atoms with E-state index in [1.807, 2.05) is 48.9 Å². The van der Waals surface area contributed by atoms with Crippen LogP contribution in [0.2, 0.25) is 0 Å². The molecular weight excluding hydrogens is 1650 g/mol. The quantitative estimate of drug-likeness (QED) is 0.0220. The van der Waals surface area contributed by atoms with Gasteiger partial charge in [0.15, 0.2) is 16.9 Å². The lowest BCUT2D eigenvalue weighted by Crippen LogP contribution is -2.55. The number of sulfonamides is 2. The van der Waals surface area contributed by atoms with Gasteiger partial charge in [0.05, 0.1) is 61.2 Å². The van der Waals surface area contributed by atoms with E-state index in [2.05, 4.69) is 50.6 Å². The number of aromatic nitrogens is 2. The predicted molar refractivity (Wildman–Crippen MR) is 459 cm³/mol. The number of piperidine rings is 1. The van der Waals surface area contributed by atoms with Crippen molar-refractivity contribution in [2.75, 3.05) is 106 Å². The van der Waals surface area contributed by atoms with E-state index in [-0.39, 0.29) is 87.1 Å². The third-order valence-corrected chi connectivity index (χ3v) is 31.6. The Bertz CT molecular complexity index is 5230. The molecule has 0 spiro atoms. The highest BCUT2D eigenvalue weighted by Crippen LogP contribution is 2.33. The molecule has 5 aliphatic rings. The lowest BCUT2D eigenvalue weighted by atomic mass is 9.96. The Morgan fingerprint density at radius 2 is 1.24 bits per heavy atom. The molecule has 3 aliphatic heterocycles. The number of piperazine rings is 1. The maximum atomic E-state index is 14.3. The number of fused-ring (bicyclic) bond motifs is 1. The summed E-state index contributed by atoms with van der Waals surface area (Å²) in [6, 6.07) is 33.2. The van der Waals surface area contributed by atoms with Gasteiger partial charge in [0.25, 0.3) is 27.7 Å². The number of hydrogen-bond acceptors (Lipinski definition) is 16. The van der Waals surface area contributed by atoms with Crippen LogP contribution in [0.15, 0.2) is 161 Å². The van der Waals surface area contributed by atoms with Crippen LogP contribution in [0.5, 0.6) is 0 Å². The van der Waals surface area contributed by atoms with Gasteiger partial charge in [-0.15, -0.1) is 0 Å².